The standard InChI is InChI=1S/C12H12N2O4/c1-7-4-11(14-18-7)13-12(17)6-8-2-3-9(15)10(16)5-8/h2-5,15-16H,6H2,1H3,(H,13,14,17). The number of nitrogens with zero attached hydrogens (tertiary/aromatic N) is 1. The van der Waals surface area contributed by atoms with Gasteiger partial charge in [0.1, 0.15) is 5.76 Å². The maximum atomic E-state index is 11.7. The lowest BCUT2D eigenvalue weighted by Crippen LogP contribution is -2.14. The summed E-state index contributed by atoms with van der Waals surface area (Å²) in [6.07, 6.45) is 0.0692. The minimum atomic E-state index is -0.284. The Labute approximate surface area is 103 Å². The Morgan fingerprint density at radius 1 is 1.33 bits per heavy atom. The van der Waals surface area contributed by atoms with E-state index in [-0.39, 0.29) is 23.8 Å². The van der Waals surface area contributed by atoms with Crippen LogP contribution in [-0.2, 0) is 11.2 Å². The highest BCUT2D eigenvalue weighted by molar-refractivity contribution is 5.91. The second-order valence-corrected chi connectivity index (χ2v) is 3.87. The molecule has 3 N–H and O–H groups in total. The summed E-state index contributed by atoms with van der Waals surface area (Å²) in [5, 5.41) is 24.6. The molecule has 2 aromatic rings. The summed E-state index contributed by atoms with van der Waals surface area (Å²) in [4.78, 5) is 11.7. The van der Waals surface area contributed by atoms with Crippen molar-refractivity contribution in [1.82, 2.24) is 5.16 Å². The highest BCUT2D eigenvalue weighted by Gasteiger charge is 2.08. The van der Waals surface area contributed by atoms with Gasteiger partial charge in [0.15, 0.2) is 17.3 Å². The highest BCUT2D eigenvalue weighted by atomic mass is 16.5. The number of benzene rings is 1. The molecule has 1 aromatic carbocycles. The third-order valence-electron chi connectivity index (χ3n) is 2.30. The van der Waals surface area contributed by atoms with Crippen LogP contribution in [0.1, 0.15) is 11.3 Å². The molecule has 0 saturated carbocycles. The van der Waals surface area contributed by atoms with Crippen LogP contribution in [0.3, 0.4) is 0 Å². The van der Waals surface area contributed by atoms with Crippen molar-refractivity contribution in [3.05, 3.63) is 35.6 Å². The van der Waals surface area contributed by atoms with Crippen molar-refractivity contribution < 1.29 is 19.5 Å². The van der Waals surface area contributed by atoms with Crippen LogP contribution in [0.5, 0.6) is 11.5 Å². The number of aromatic nitrogens is 1. The van der Waals surface area contributed by atoms with E-state index in [1.807, 2.05) is 0 Å². The molecule has 0 saturated heterocycles. The molecule has 0 radical (unpaired) electrons. The average molecular weight is 248 g/mol. The zero-order chi connectivity index (χ0) is 13.1. The van der Waals surface area contributed by atoms with Gasteiger partial charge in [0, 0.05) is 6.07 Å². The first-order valence-electron chi connectivity index (χ1n) is 5.28. The number of carbonyl (C=O) groups is 1. The fraction of sp³-hybridized carbons (Fsp3) is 0.167. The van der Waals surface area contributed by atoms with Crippen LogP contribution in [-0.4, -0.2) is 21.3 Å². The summed E-state index contributed by atoms with van der Waals surface area (Å²) in [5.74, 6) is 0.199. The van der Waals surface area contributed by atoms with E-state index >= 15 is 0 Å². The molecule has 18 heavy (non-hydrogen) atoms. The molecule has 6 heteroatoms. The Morgan fingerprint density at radius 3 is 2.72 bits per heavy atom. The molecule has 0 aliphatic rings. The van der Waals surface area contributed by atoms with E-state index in [1.54, 1.807) is 19.1 Å². The van der Waals surface area contributed by atoms with Gasteiger partial charge in [0.2, 0.25) is 5.91 Å². The molecular weight excluding hydrogens is 236 g/mol. The predicted molar refractivity (Wildman–Crippen MR) is 63.3 cm³/mol. The molecule has 0 spiro atoms. The van der Waals surface area contributed by atoms with E-state index in [9.17, 15) is 9.90 Å². The third kappa shape index (κ3) is 2.79. The summed E-state index contributed by atoms with van der Waals surface area (Å²) in [6.45, 7) is 1.72. The molecular formula is C12H12N2O4. The van der Waals surface area contributed by atoms with Crippen molar-refractivity contribution in [2.75, 3.05) is 5.32 Å². The van der Waals surface area contributed by atoms with Gasteiger partial charge in [-0.15, -0.1) is 0 Å². The number of rotatable bonds is 3. The lowest BCUT2D eigenvalue weighted by Gasteiger charge is -2.03. The Bertz CT molecular complexity index is 577. The summed E-state index contributed by atoms with van der Waals surface area (Å²) < 4.78 is 4.81. The van der Waals surface area contributed by atoms with Gasteiger partial charge in [-0.3, -0.25) is 4.79 Å². The number of aromatic hydroxyl groups is 2. The third-order valence-corrected chi connectivity index (χ3v) is 2.30. The maximum Gasteiger partial charge on any atom is 0.230 e. The number of hydrogen-bond acceptors (Lipinski definition) is 5. The predicted octanol–water partition coefficient (Wildman–Crippen LogP) is 1.58. The molecule has 1 amide bonds. The molecule has 0 aliphatic carbocycles. The smallest absolute Gasteiger partial charge is 0.230 e. The number of amides is 1. The molecule has 94 valence electrons. The lowest BCUT2D eigenvalue weighted by molar-refractivity contribution is -0.115. The van der Waals surface area contributed by atoms with Gasteiger partial charge in [-0.2, -0.15) is 0 Å². The topological polar surface area (TPSA) is 95.6 Å². The van der Waals surface area contributed by atoms with Crippen LogP contribution < -0.4 is 5.32 Å². The minimum Gasteiger partial charge on any atom is -0.504 e. The molecule has 0 unspecified atom stereocenters. The van der Waals surface area contributed by atoms with Crippen molar-refractivity contribution in [3.63, 3.8) is 0 Å². The van der Waals surface area contributed by atoms with Gasteiger partial charge in [-0.25, -0.2) is 0 Å². The molecule has 2 rings (SSSR count). The van der Waals surface area contributed by atoms with Crippen molar-refractivity contribution in [1.29, 1.82) is 0 Å². The zero-order valence-electron chi connectivity index (χ0n) is 9.67. The molecule has 1 aromatic heterocycles. The second kappa shape index (κ2) is 4.79. The molecule has 0 atom stereocenters. The SMILES string of the molecule is Cc1cc(NC(=O)Cc2ccc(O)c(O)c2)no1. The van der Waals surface area contributed by atoms with Crippen LogP contribution in [0.2, 0.25) is 0 Å². The zero-order valence-corrected chi connectivity index (χ0v) is 9.67. The van der Waals surface area contributed by atoms with E-state index in [4.69, 9.17) is 9.63 Å². The van der Waals surface area contributed by atoms with Gasteiger partial charge < -0.3 is 20.1 Å². The van der Waals surface area contributed by atoms with Gasteiger partial charge in [-0.1, -0.05) is 11.2 Å². The monoisotopic (exact) mass is 248 g/mol. The van der Waals surface area contributed by atoms with Crippen LogP contribution in [0, 0.1) is 6.92 Å². The Morgan fingerprint density at radius 2 is 2.11 bits per heavy atom. The van der Waals surface area contributed by atoms with Crippen molar-refractivity contribution in [2.45, 2.75) is 13.3 Å². The Kier molecular flexibility index (Phi) is 3.18. The summed E-state index contributed by atoms with van der Waals surface area (Å²) in [7, 11) is 0. The van der Waals surface area contributed by atoms with E-state index in [2.05, 4.69) is 10.5 Å². The minimum absolute atomic E-state index is 0.0692. The first kappa shape index (κ1) is 12.0. The molecule has 6 nitrogen and oxygen atoms in total. The molecule has 1 heterocycles. The Balaban J connectivity index is 2.00. The second-order valence-electron chi connectivity index (χ2n) is 3.87. The van der Waals surface area contributed by atoms with Crippen LogP contribution in [0.15, 0.2) is 28.8 Å². The Hall–Kier alpha value is -2.50. The average Bonchev–Trinajstić information content (AvgIpc) is 2.69. The number of hydrogen-bond donors (Lipinski definition) is 3. The summed E-state index contributed by atoms with van der Waals surface area (Å²) in [5.41, 5.74) is 0.586. The van der Waals surface area contributed by atoms with Gasteiger partial charge in [-0.05, 0) is 24.6 Å². The van der Waals surface area contributed by atoms with Gasteiger partial charge >= 0.3 is 0 Å². The summed E-state index contributed by atoms with van der Waals surface area (Å²) in [6, 6.07) is 5.83. The number of nitrogens with one attached hydrogen (secondary N) is 1. The van der Waals surface area contributed by atoms with Crippen LogP contribution >= 0.6 is 0 Å². The number of anilines is 1. The van der Waals surface area contributed by atoms with E-state index < -0.39 is 0 Å². The van der Waals surface area contributed by atoms with Crippen molar-refractivity contribution in [2.24, 2.45) is 0 Å². The van der Waals surface area contributed by atoms with Crippen molar-refractivity contribution >= 4 is 11.7 Å². The maximum absolute atomic E-state index is 11.7. The van der Waals surface area contributed by atoms with Crippen LogP contribution in [0.4, 0.5) is 5.82 Å². The number of carbonyl (C=O) groups excluding carboxylic acids is 1. The van der Waals surface area contributed by atoms with Crippen LogP contribution in [0.25, 0.3) is 0 Å². The van der Waals surface area contributed by atoms with Gasteiger partial charge in [0.25, 0.3) is 0 Å². The number of phenolic OH excluding ortho intramolecular Hbond substituents is 2. The van der Waals surface area contributed by atoms with E-state index in [0.717, 1.165) is 0 Å². The highest BCUT2D eigenvalue weighted by Crippen LogP contribution is 2.25. The van der Waals surface area contributed by atoms with Crippen molar-refractivity contribution in [3.8, 4) is 11.5 Å². The lowest BCUT2D eigenvalue weighted by atomic mass is 10.1. The molecule has 0 fully saturated rings. The largest absolute Gasteiger partial charge is 0.504 e. The molecule has 0 aliphatic heterocycles. The van der Waals surface area contributed by atoms with E-state index in [0.29, 0.717) is 17.1 Å². The number of phenols is 2. The van der Waals surface area contributed by atoms with E-state index in [1.165, 1.54) is 12.1 Å². The first-order chi connectivity index (χ1) is 8.54. The fourth-order valence-electron chi connectivity index (χ4n) is 1.48. The fourth-order valence-corrected chi connectivity index (χ4v) is 1.48. The van der Waals surface area contributed by atoms with Gasteiger partial charge in [0.05, 0.1) is 6.42 Å². The quantitative estimate of drug-likeness (QED) is 0.716. The number of aryl methyl sites for hydroxylation is 1. The first-order valence-corrected chi connectivity index (χ1v) is 5.28. The molecule has 0 bridgehead atoms. The summed E-state index contributed by atoms with van der Waals surface area (Å²) >= 11 is 0. The normalized spacial score (nSPS) is 10.3.